The number of carbonyl (C=O) groups excluding carboxylic acids is 1. The predicted octanol–water partition coefficient (Wildman–Crippen LogP) is 5.59. The molecule has 8 nitrogen and oxygen atoms in total. The van der Waals surface area contributed by atoms with Gasteiger partial charge >= 0.3 is 12.3 Å². The summed E-state index contributed by atoms with van der Waals surface area (Å²) in [5.74, 6) is -0.962. The molecule has 0 spiro atoms. The number of carbonyl (C=O) groups is 1. The van der Waals surface area contributed by atoms with E-state index in [1.807, 2.05) is 44.2 Å². The molecule has 1 aliphatic rings. The molecule has 1 aliphatic heterocycles. The van der Waals surface area contributed by atoms with Gasteiger partial charge in [-0.2, -0.15) is 13.2 Å². The number of hydrazine groups is 1. The van der Waals surface area contributed by atoms with E-state index in [2.05, 4.69) is 15.7 Å². The van der Waals surface area contributed by atoms with Crippen LogP contribution >= 0.6 is 0 Å². The molecule has 2 heterocycles. The zero-order chi connectivity index (χ0) is 28.5. The van der Waals surface area contributed by atoms with E-state index < -0.39 is 23.7 Å². The Hall–Kier alpha value is -4.02. The van der Waals surface area contributed by atoms with E-state index in [-0.39, 0.29) is 24.7 Å². The first-order valence-corrected chi connectivity index (χ1v) is 12.6. The van der Waals surface area contributed by atoms with Gasteiger partial charge in [-0.3, -0.25) is 15.2 Å². The van der Waals surface area contributed by atoms with E-state index in [1.54, 1.807) is 43.5 Å². The number of benzene rings is 2. The molecule has 11 heteroatoms. The molecule has 0 saturated carbocycles. The van der Waals surface area contributed by atoms with Crippen LogP contribution in [0.25, 0.3) is 21.9 Å². The molecule has 0 aliphatic carbocycles. The molecule has 2 aromatic carbocycles. The highest BCUT2D eigenvalue weighted by Gasteiger charge is 2.39. The van der Waals surface area contributed by atoms with Crippen LogP contribution in [-0.2, 0) is 17.8 Å². The monoisotopic (exact) mass is 543 g/mol. The second-order valence-electron chi connectivity index (χ2n) is 10.8. The maximum Gasteiger partial charge on any atom is 0.450 e. The van der Waals surface area contributed by atoms with Gasteiger partial charge in [0.25, 0.3) is 5.56 Å². The first-order valence-electron chi connectivity index (χ1n) is 12.6. The highest BCUT2D eigenvalue weighted by molar-refractivity contribution is 6.00. The Morgan fingerprint density at radius 1 is 1.10 bits per heavy atom. The fraction of sp³-hybridized carbons (Fsp3) is 0.393. The number of amidine groups is 1. The van der Waals surface area contributed by atoms with Gasteiger partial charge in [0.05, 0.1) is 12.2 Å². The molecule has 0 unspecified atom stereocenters. The van der Waals surface area contributed by atoms with Gasteiger partial charge in [0, 0.05) is 23.2 Å². The Bertz CT molecular complexity index is 1460. The molecule has 2 N–H and O–H groups in total. The van der Waals surface area contributed by atoms with Crippen LogP contribution in [-0.4, -0.2) is 34.9 Å². The number of amides is 1. The van der Waals surface area contributed by atoms with Crippen molar-refractivity contribution in [3.63, 3.8) is 0 Å². The number of ether oxygens (including phenoxy) is 1. The van der Waals surface area contributed by atoms with Crippen molar-refractivity contribution in [3.05, 3.63) is 64.6 Å². The third-order valence-electron chi connectivity index (χ3n) is 5.96. The predicted molar refractivity (Wildman–Crippen MR) is 146 cm³/mol. The number of nitrogens with one attached hydrogen (secondary N) is 2. The summed E-state index contributed by atoms with van der Waals surface area (Å²) in [6, 6.07) is 14.3. The number of nitrogens with zero attached hydrogens (tertiary/aromatic N) is 3. The van der Waals surface area contributed by atoms with Crippen LogP contribution in [0.1, 0.15) is 40.3 Å². The van der Waals surface area contributed by atoms with Gasteiger partial charge in [-0.25, -0.2) is 9.79 Å². The number of pyridine rings is 1. The average molecular weight is 544 g/mol. The number of hydrogen-bond acceptors (Lipinski definition) is 6. The standard InChI is InChI=1S/C28H32F3N5O3/c1-17(2)15-35-22(14-32-26(38)39-27(3,4)5)23(18-9-7-6-8-10-18)21-13-19(11-12-20(21)24(35)37)36-16-33-25(34-36)28(29,30)31/h6-13,17H,14-16H2,1-5H3,(H,32,38)(H,33,34). The summed E-state index contributed by atoms with van der Waals surface area (Å²) in [6.45, 7) is 9.42. The van der Waals surface area contributed by atoms with Crippen molar-refractivity contribution in [2.75, 3.05) is 11.7 Å². The fourth-order valence-corrected chi connectivity index (χ4v) is 4.43. The Labute approximate surface area is 224 Å². The number of hydrogen-bond donors (Lipinski definition) is 2. The normalized spacial score (nSPS) is 14.0. The molecular weight excluding hydrogens is 511 g/mol. The molecule has 0 radical (unpaired) electrons. The SMILES string of the molecule is CC(C)Cn1c(CNC(=O)OC(C)(C)C)c(-c2ccccc2)c2cc(N3CN=C(C(F)(F)F)N3)ccc2c1=O. The maximum absolute atomic E-state index is 13.8. The van der Waals surface area contributed by atoms with Crippen LogP contribution in [0.3, 0.4) is 0 Å². The molecule has 208 valence electrons. The number of alkyl halides is 3. The average Bonchev–Trinajstić information content (AvgIpc) is 3.35. The zero-order valence-corrected chi connectivity index (χ0v) is 22.5. The number of rotatable bonds is 6. The third kappa shape index (κ3) is 6.35. The summed E-state index contributed by atoms with van der Waals surface area (Å²) in [5.41, 5.74) is 3.80. The van der Waals surface area contributed by atoms with Gasteiger partial charge in [-0.1, -0.05) is 44.2 Å². The number of alkyl carbamates (subject to hydrolysis) is 1. The van der Waals surface area contributed by atoms with Crippen molar-refractivity contribution in [2.45, 2.75) is 59.5 Å². The molecule has 4 rings (SSSR count). The second-order valence-corrected chi connectivity index (χ2v) is 10.8. The third-order valence-corrected chi connectivity index (χ3v) is 5.96. The number of fused-ring (bicyclic) bond motifs is 1. The lowest BCUT2D eigenvalue weighted by atomic mass is 9.95. The lowest BCUT2D eigenvalue weighted by molar-refractivity contribution is -0.0611. The second kappa shape index (κ2) is 10.6. The van der Waals surface area contributed by atoms with Crippen LogP contribution in [0.5, 0.6) is 0 Å². The van der Waals surface area contributed by atoms with Crippen molar-refractivity contribution in [2.24, 2.45) is 10.9 Å². The van der Waals surface area contributed by atoms with E-state index in [4.69, 9.17) is 4.74 Å². The van der Waals surface area contributed by atoms with Crippen LogP contribution in [0.15, 0.2) is 58.3 Å². The quantitative estimate of drug-likeness (QED) is 0.423. The maximum atomic E-state index is 13.8. The molecule has 0 bridgehead atoms. The Morgan fingerprint density at radius 2 is 1.79 bits per heavy atom. The van der Waals surface area contributed by atoms with Gasteiger partial charge in [0.15, 0.2) is 0 Å². The molecule has 0 saturated heterocycles. The number of aliphatic imine (C=N–C) groups is 1. The van der Waals surface area contributed by atoms with Gasteiger partial charge in [0.1, 0.15) is 12.3 Å². The molecule has 39 heavy (non-hydrogen) atoms. The summed E-state index contributed by atoms with van der Waals surface area (Å²) < 4.78 is 46.6. The van der Waals surface area contributed by atoms with Crippen molar-refractivity contribution < 1.29 is 22.7 Å². The topological polar surface area (TPSA) is 88.0 Å². The minimum absolute atomic E-state index is 0.00453. The first-order chi connectivity index (χ1) is 18.2. The first kappa shape index (κ1) is 28.0. The lowest BCUT2D eigenvalue weighted by Gasteiger charge is -2.24. The smallest absolute Gasteiger partial charge is 0.444 e. The Balaban J connectivity index is 1.89. The van der Waals surface area contributed by atoms with Crippen LogP contribution in [0, 0.1) is 5.92 Å². The number of halogens is 3. The molecule has 0 atom stereocenters. The Kier molecular flexibility index (Phi) is 7.63. The Morgan fingerprint density at radius 3 is 2.38 bits per heavy atom. The van der Waals surface area contributed by atoms with E-state index in [1.165, 1.54) is 5.01 Å². The van der Waals surface area contributed by atoms with Gasteiger partial charge in [-0.15, -0.1) is 0 Å². The molecular formula is C28H32F3N5O3. The summed E-state index contributed by atoms with van der Waals surface area (Å²) in [4.78, 5) is 29.9. The van der Waals surface area contributed by atoms with Crippen molar-refractivity contribution >= 4 is 28.4 Å². The lowest BCUT2D eigenvalue weighted by Crippen LogP contribution is -2.42. The van der Waals surface area contributed by atoms with Crippen LogP contribution in [0.2, 0.25) is 0 Å². The number of anilines is 1. The van der Waals surface area contributed by atoms with Crippen molar-refractivity contribution in [1.82, 2.24) is 15.3 Å². The summed E-state index contributed by atoms with van der Waals surface area (Å²) >= 11 is 0. The van der Waals surface area contributed by atoms with Crippen molar-refractivity contribution in [3.8, 4) is 11.1 Å². The largest absolute Gasteiger partial charge is 0.450 e. The summed E-state index contributed by atoms with van der Waals surface area (Å²) in [7, 11) is 0. The van der Waals surface area contributed by atoms with Crippen LogP contribution < -0.4 is 21.3 Å². The van der Waals surface area contributed by atoms with E-state index in [9.17, 15) is 22.8 Å². The van der Waals surface area contributed by atoms with Gasteiger partial charge in [0.2, 0.25) is 5.84 Å². The molecule has 1 amide bonds. The molecule has 1 aromatic heterocycles. The van der Waals surface area contributed by atoms with Crippen LogP contribution in [0.4, 0.5) is 23.7 Å². The molecule has 3 aromatic rings. The highest BCUT2D eigenvalue weighted by atomic mass is 19.4. The van der Waals surface area contributed by atoms with Gasteiger partial charge < -0.3 is 14.6 Å². The van der Waals surface area contributed by atoms with E-state index in [0.717, 1.165) is 5.56 Å². The van der Waals surface area contributed by atoms with E-state index in [0.29, 0.717) is 34.3 Å². The minimum atomic E-state index is -4.61. The summed E-state index contributed by atoms with van der Waals surface area (Å²) in [6.07, 6.45) is -5.23. The van der Waals surface area contributed by atoms with E-state index >= 15 is 0 Å². The number of aromatic nitrogens is 1. The molecule has 0 fully saturated rings. The van der Waals surface area contributed by atoms with Gasteiger partial charge in [-0.05, 0) is 55.8 Å². The highest BCUT2D eigenvalue weighted by Crippen LogP contribution is 2.34. The fourth-order valence-electron chi connectivity index (χ4n) is 4.43. The minimum Gasteiger partial charge on any atom is -0.444 e. The van der Waals surface area contributed by atoms with Crippen molar-refractivity contribution in [1.29, 1.82) is 0 Å². The zero-order valence-electron chi connectivity index (χ0n) is 22.5. The summed E-state index contributed by atoms with van der Waals surface area (Å²) in [5, 5.41) is 5.01.